The summed E-state index contributed by atoms with van der Waals surface area (Å²) in [6.45, 7) is 14.3. The highest BCUT2D eigenvalue weighted by molar-refractivity contribution is 6.34. The highest BCUT2D eigenvalue weighted by Gasteiger charge is 2.39. The lowest BCUT2D eigenvalue weighted by Gasteiger charge is -2.41. The second-order valence-corrected chi connectivity index (χ2v) is 17.6. The highest BCUT2D eigenvalue weighted by Crippen LogP contribution is 2.47. The monoisotopic (exact) mass is 940 g/mol. The number of benzene rings is 3. The molecule has 65 heavy (non-hydrogen) atoms. The summed E-state index contributed by atoms with van der Waals surface area (Å²) in [6, 6.07) is 15.8. The van der Waals surface area contributed by atoms with Crippen molar-refractivity contribution in [2.24, 2.45) is 0 Å². The summed E-state index contributed by atoms with van der Waals surface area (Å²) in [5, 5.41) is 14.1. The van der Waals surface area contributed by atoms with Gasteiger partial charge in [-0.15, -0.1) is 0 Å². The van der Waals surface area contributed by atoms with Gasteiger partial charge < -0.3 is 58.7 Å². The Bertz CT molecular complexity index is 2260. The summed E-state index contributed by atoms with van der Waals surface area (Å²) >= 11 is 13.0. The van der Waals surface area contributed by atoms with E-state index < -0.39 is 23.3 Å². The number of carbonyl (C=O) groups excluding carboxylic acids is 3. The number of nitrogens with zero attached hydrogens (tertiary/aromatic N) is 3. The van der Waals surface area contributed by atoms with Crippen LogP contribution in [0, 0.1) is 0 Å². The van der Waals surface area contributed by atoms with Crippen molar-refractivity contribution >= 4 is 46.9 Å². The molecule has 2 aliphatic rings. The third kappa shape index (κ3) is 13.7. The van der Waals surface area contributed by atoms with E-state index >= 15 is 0 Å². The molecule has 0 bridgehead atoms. The van der Waals surface area contributed by atoms with Crippen LogP contribution in [0.25, 0.3) is 28.1 Å². The number of halogens is 2. The molecule has 1 saturated heterocycles. The number of hydrogen-bond acceptors (Lipinski definition) is 12. The Labute approximate surface area is 389 Å². The van der Waals surface area contributed by atoms with Gasteiger partial charge in [0.05, 0.1) is 90.1 Å². The van der Waals surface area contributed by atoms with Gasteiger partial charge in [0.15, 0.2) is 5.69 Å². The zero-order chi connectivity index (χ0) is 46.6. The molecule has 0 atom stereocenters. The van der Waals surface area contributed by atoms with Gasteiger partial charge in [-0.2, -0.15) is 5.10 Å². The number of methoxy groups -OCH3 is 1. The Morgan fingerprint density at radius 3 is 2.11 bits per heavy atom. The number of fused-ring (bicyclic) bond motifs is 3. The fourth-order valence-corrected chi connectivity index (χ4v) is 7.65. The van der Waals surface area contributed by atoms with E-state index in [-0.39, 0.29) is 24.8 Å². The maximum Gasteiger partial charge on any atom is 0.407 e. The number of anilines is 1. The molecule has 17 nitrogen and oxygen atoms in total. The first-order chi connectivity index (χ1) is 31.1. The van der Waals surface area contributed by atoms with E-state index in [0.717, 1.165) is 5.56 Å². The lowest BCUT2D eigenvalue weighted by Crippen LogP contribution is -2.55. The largest absolute Gasteiger partial charge is 0.496 e. The molecule has 4 aromatic rings. The lowest BCUT2D eigenvalue weighted by atomic mass is 9.95. The maximum atomic E-state index is 14.3. The fourth-order valence-electron chi connectivity index (χ4n) is 7.13. The Morgan fingerprint density at radius 2 is 1.48 bits per heavy atom. The summed E-state index contributed by atoms with van der Waals surface area (Å²) in [5.74, 6) is 0.843. The minimum absolute atomic E-state index is 0.0896. The van der Waals surface area contributed by atoms with Gasteiger partial charge in [-0.25, -0.2) is 14.3 Å². The minimum atomic E-state index is -0.554. The van der Waals surface area contributed by atoms with Crippen LogP contribution in [0.1, 0.15) is 50.7 Å². The average molecular weight is 942 g/mol. The van der Waals surface area contributed by atoms with Crippen molar-refractivity contribution in [3.05, 3.63) is 75.9 Å². The molecular formula is C46H58Cl2N6O11. The van der Waals surface area contributed by atoms with Crippen LogP contribution in [-0.2, 0) is 35.0 Å². The van der Waals surface area contributed by atoms with Crippen LogP contribution < -0.4 is 25.4 Å². The molecule has 4 amide bonds. The molecule has 0 unspecified atom stereocenters. The fraction of sp³-hybridized carbons (Fsp3) is 0.478. The van der Waals surface area contributed by atoms with Crippen LogP contribution in [-0.4, -0.2) is 137 Å². The zero-order valence-electron chi connectivity index (χ0n) is 37.7. The van der Waals surface area contributed by atoms with Crippen LogP contribution in [0.3, 0.4) is 0 Å². The topological polar surface area (TPSA) is 182 Å². The third-order valence-corrected chi connectivity index (χ3v) is 10.5. The second kappa shape index (κ2) is 22.9. The number of rotatable bonds is 20. The summed E-state index contributed by atoms with van der Waals surface area (Å²) in [5.41, 5.74) is 3.70. The SMILES string of the molecule is COc1cc2c(cc1-c1cccc(NC(=O)NCCOCCOCCOCCOCCNC(=O)OC(C)(C)C)c1)-c1c(c(C(=O)N3CCOCC3(C)C)nn1-c1cc(Cl)cc(Cl)c1)CO2. The normalized spacial score (nSPS) is 14.2. The lowest BCUT2D eigenvalue weighted by molar-refractivity contribution is -0.0374. The highest BCUT2D eigenvalue weighted by atomic mass is 35.5. The van der Waals surface area contributed by atoms with Crippen LogP contribution in [0.4, 0.5) is 15.3 Å². The first kappa shape index (κ1) is 49.3. The van der Waals surface area contributed by atoms with Crippen LogP contribution >= 0.6 is 23.2 Å². The number of ether oxygens (including phenoxy) is 8. The van der Waals surface area contributed by atoms with Crippen molar-refractivity contribution in [2.75, 3.05) is 98.1 Å². The van der Waals surface area contributed by atoms with Gasteiger partial charge in [0, 0.05) is 58.1 Å². The second-order valence-electron chi connectivity index (χ2n) is 16.7. The number of urea groups is 1. The molecule has 3 N–H and O–H groups in total. The third-order valence-electron chi connectivity index (χ3n) is 10.1. The number of aromatic nitrogens is 2. The molecule has 352 valence electrons. The van der Waals surface area contributed by atoms with Crippen molar-refractivity contribution < 1.29 is 52.3 Å². The van der Waals surface area contributed by atoms with Gasteiger partial charge in [-0.1, -0.05) is 35.3 Å². The van der Waals surface area contributed by atoms with E-state index in [0.29, 0.717) is 134 Å². The molecular weight excluding hydrogens is 883 g/mol. The van der Waals surface area contributed by atoms with Crippen molar-refractivity contribution in [2.45, 2.75) is 52.4 Å². The van der Waals surface area contributed by atoms with E-state index in [1.165, 1.54) is 0 Å². The van der Waals surface area contributed by atoms with Crippen LogP contribution in [0.5, 0.6) is 11.5 Å². The number of morpholine rings is 1. The predicted molar refractivity (Wildman–Crippen MR) is 246 cm³/mol. The van der Waals surface area contributed by atoms with Gasteiger partial charge in [0.1, 0.15) is 23.7 Å². The van der Waals surface area contributed by atoms with E-state index in [9.17, 15) is 14.4 Å². The quantitative estimate of drug-likeness (QED) is 0.0750. The van der Waals surface area contributed by atoms with Gasteiger partial charge in [-0.05, 0) is 76.6 Å². The number of nitrogens with one attached hydrogen (secondary N) is 3. The summed E-state index contributed by atoms with van der Waals surface area (Å²) in [6.07, 6.45) is -0.478. The minimum Gasteiger partial charge on any atom is -0.496 e. The summed E-state index contributed by atoms with van der Waals surface area (Å²) in [7, 11) is 1.58. The first-order valence-electron chi connectivity index (χ1n) is 21.4. The molecule has 2 aliphatic heterocycles. The zero-order valence-corrected chi connectivity index (χ0v) is 39.2. The molecule has 19 heteroatoms. The van der Waals surface area contributed by atoms with Gasteiger partial charge in [0.2, 0.25) is 0 Å². The van der Waals surface area contributed by atoms with Gasteiger partial charge >= 0.3 is 12.1 Å². The average Bonchev–Trinajstić information content (AvgIpc) is 3.65. The van der Waals surface area contributed by atoms with Crippen molar-refractivity contribution in [3.8, 4) is 39.6 Å². The standard InChI is InChI=1S/C46H58Cl2N6O11/c1-45(2,3)65-44(57)50-11-14-60-17-19-62-21-20-61-18-16-59-13-10-49-43(56)51-33-9-7-8-30(22-33)35-26-36-39(27-38(35)58-6)64-28-37-40(42(55)53-12-15-63-29-46(53,4)5)52-54(41(36)37)34-24-31(47)23-32(48)25-34/h7-9,22-27H,10-21,28-29H2,1-6H3,(H,50,57)(H2,49,51,56). The Hall–Kier alpha value is -5.14. The molecule has 6 rings (SSSR count). The number of amides is 4. The van der Waals surface area contributed by atoms with Crippen molar-refractivity contribution in [3.63, 3.8) is 0 Å². The van der Waals surface area contributed by atoms with Crippen molar-refractivity contribution in [1.29, 1.82) is 0 Å². The van der Waals surface area contributed by atoms with E-state index in [1.54, 1.807) is 61.7 Å². The Balaban J connectivity index is 1.01. The molecule has 3 aromatic carbocycles. The Kier molecular flexibility index (Phi) is 17.3. The summed E-state index contributed by atoms with van der Waals surface area (Å²) < 4.78 is 46.8. The number of carbonyl (C=O) groups is 3. The van der Waals surface area contributed by atoms with Gasteiger partial charge in [-0.3, -0.25) is 4.79 Å². The molecule has 0 radical (unpaired) electrons. The molecule has 0 spiro atoms. The molecule has 3 heterocycles. The molecule has 0 aliphatic carbocycles. The molecule has 0 saturated carbocycles. The molecule has 1 fully saturated rings. The predicted octanol–water partition coefficient (Wildman–Crippen LogP) is 7.38. The van der Waals surface area contributed by atoms with E-state index in [2.05, 4.69) is 16.0 Å². The summed E-state index contributed by atoms with van der Waals surface area (Å²) in [4.78, 5) is 40.6. The van der Waals surface area contributed by atoms with E-state index in [1.807, 2.05) is 44.2 Å². The first-order valence-corrected chi connectivity index (χ1v) is 22.2. The van der Waals surface area contributed by atoms with Crippen LogP contribution in [0.2, 0.25) is 10.0 Å². The van der Waals surface area contributed by atoms with Gasteiger partial charge in [0.25, 0.3) is 5.91 Å². The maximum absolute atomic E-state index is 14.3. The smallest absolute Gasteiger partial charge is 0.407 e. The molecule has 1 aromatic heterocycles. The number of alkyl carbamates (subject to hydrolysis) is 1. The number of hydrogen-bond donors (Lipinski definition) is 3. The van der Waals surface area contributed by atoms with E-state index in [4.69, 9.17) is 66.2 Å². The Morgan fingerprint density at radius 1 is 0.831 bits per heavy atom. The van der Waals surface area contributed by atoms with Crippen molar-refractivity contribution in [1.82, 2.24) is 25.3 Å². The van der Waals surface area contributed by atoms with Crippen LogP contribution in [0.15, 0.2) is 54.6 Å².